The minimum Gasteiger partial charge on any atom is -0.372 e. The second kappa shape index (κ2) is 2.85. The molecule has 0 radical (unpaired) electrons. The summed E-state index contributed by atoms with van der Waals surface area (Å²) < 4.78 is 5.40. The molecule has 2 aliphatic rings. The van der Waals surface area contributed by atoms with Crippen LogP contribution in [0.15, 0.2) is 24.3 Å². The van der Waals surface area contributed by atoms with Gasteiger partial charge in [-0.05, 0) is 30.4 Å². The topological polar surface area (TPSA) is 12.5 Å². The number of hydrogen-bond donors (Lipinski definition) is 0. The lowest BCUT2D eigenvalue weighted by molar-refractivity contribution is 0.354. The van der Waals surface area contributed by atoms with E-state index in [0.717, 1.165) is 6.61 Å². The van der Waals surface area contributed by atoms with Crippen LogP contribution < -0.4 is 0 Å². The highest BCUT2D eigenvalue weighted by Gasteiger charge is 2.35. The average molecular weight is 174 g/mol. The van der Waals surface area contributed by atoms with Gasteiger partial charge in [-0.1, -0.05) is 24.3 Å². The first-order valence-electron chi connectivity index (χ1n) is 5.14. The van der Waals surface area contributed by atoms with Gasteiger partial charge in [0.25, 0.3) is 0 Å². The van der Waals surface area contributed by atoms with Crippen molar-refractivity contribution in [2.75, 3.05) is 6.61 Å². The summed E-state index contributed by atoms with van der Waals surface area (Å²) in [7, 11) is 0. The molecule has 68 valence electrons. The van der Waals surface area contributed by atoms with E-state index < -0.39 is 0 Å². The molecule has 0 saturated carbocycles. The van der Waals surface area contributed by atoms with Gasteiger partial charge >= 0.3 is 0 Å². The van der Waals surface area contributed by atoms with Crippen LogP contribution in [0.4, 0.5) is 0 Å². The van der Waals surface area contributed by atoms with Crippen LogP contribution in [0.5, 0.6) is 0 Å². The van der Waals surface area contributed by atoms with Gasteiger partial charge in [-0.2, -0.15) is 0 Å². The molecule has 3 rings (SSSR count). The number of rotatable bonds is 1. The van der Waals surface area contributed by atoms with Crippen molar-refractivity contribution in [3.05, 3.63) is 35.4 Å². The Labute approximate surface area is 78.7 Å². The van der Waals surface area contributed by atoms with Gasteiger partial charge in [0.05, 0.1) is 12.7 Å². The molecule has 1 heteroatoms. The van der Waals surface area contributed by atoms with Crippen LogP contribution >= 0.6 is 0 Å². The first-order chi connectivity index (χ1) is 6.45. The van der Waals surface area contributed by atoms with Crippen molar-refractivity contribution in [3.63, 3.8) is 0 Å². The third-order valence-corrected chi connectivity index (χ3v) is 3.22. The summed E-state index contributed by atoms with van der Waals surface area (Å²) in [4.78, 5) is 0. The van der Waals surface area contributed by atoms with Gasteiger partial charge in [0, 0.05) is 5.92 Å². The summed E-state index contributed by atoms with van der Waals surface area (Å²) in [6.45, 7) is 0.985. The van der Waals surface area contributed by atoms with Crippen LogP contribution in [0.3, 0.4) is 0 Å². The Morgan fingerprint density at radius 2 is 2.08 bits per heavy atom. The SMILES string of the molecule is c1ccc2c(c1)CCCC2C1CO1. The Morgan fingerprint density at radius 1 is 1.23 bits per heavy atom. The van der Waals surface area contributed by atoms with Gasteiger partial charge in [-0.25, -0.2) is 0 Å². The lowest BCUT2D eigenvalue weighted by Gasteiger charge is -2.23. The van der Waals surface area contributed by atoms with E-state index in [9.17, 15) is 0 Å². The number of fused-ring (bicyclic) bond motifs is 1. The van der Waals surface area contributed by atoms with Crippen molar-refractivity contribution < 1.29 is 4.74 Å². The van der Waals surface area contributed by atoms with Crippen molar-refractivity contribution in [3.8, 4) is 0 Å². The standard InChI is InChI=1S/C12H14O/c1-2-6-10-9(4-1)5-3-7-11(10)12-8-13-12/h1-2,4,6,11-12H,3,5,7-8H2. The Kier molecular flexibility index (Phi) is 1.66. The lowest BCUT2D eigenvalue weighted by atomic mass is 9.81. The molecule has 1 fully saturated rings. The van der Waals surface area contributed by atoms with Crippen LogP contribution in [0.1, 0.15) is 29.9 Å². The van der Waals surface area contributed by atoms with Crippen molar-refractivity contribution >= 4 is 0 Å². The zero-order valence-corrected chi connectivity index (χ0v) is 7.70. The second-order valence-corrected chi connectivity index (χ2v) is 4.07. The molecule has 1 heterocycles. The molecule has 13 heavy (non-hydrogen) atoms. The van der Waals surface area contributed by atoms with Crippen LogP contribution in [0.2, 0.25) is 0 Å². The Hall–Kier alpha value is -0.820. The monoisotopic (exact) mass is 174 g/mol. The van der Waals surface area contributed by atoms with E-state index >= 15 is 0 Å². The van der Waals surface area contributed by atoms with E-state index in [4.69, 9.17) is 4.74 Å². The number of epoxide rings is 1. The Balaban J connectivity index is 2.00. The van der Waals surface area contributed by atoms with Crippen LogP contribution in [0, 0.1) is 0 Å². The third-order valence-electron chi connectivity index (χ3n) is 3.22. The van der Waals surface area contributed by atoms with Gasteiger partial charge in [-0.15, -0.1) is 0 Å². The second-order valence-electron chi connectivity index (χ2n) is 4.07. The maximum absolute atomic E-state index is 5.40. The zero-order valence-electron chi connectivity index (χ0n) is 7.70. The van der Waals surface area contributed by atoms with Gasteiger partial charge in [-0.3, -0.25) is 0 Å². The van der Waals surface area contributed by atoms with E-state index in [1.807, 2.05) is 0 Å². The zero-order chi connectivity index (χ0) is 8.67. The summed E-state index contributed by atoms with van der Waals surface area (Å²) in [6.07, 6.45) is 4.46. The van der Waals surface area contributed by atoms with Crippen LogP contribution in [0.25, 0.3) is 0 Å². The highest BCUT2D eigenvalue weighted by atomic mass is 16.6. The maximum atomic E-state index is 5.40. The molecule has 1 aliphatic heterocycles. The highest BCUT2D eigenvalue weighted by Crippen LogP contribution is 2.39. The summed E-state index contributed by atoms with van der Waals surface area (Å²) >= 11 is 0. The number of hydrogen-bond acceptors (Lipinski definition) is 1. The summed E-state index contributed by atoms with van der Waals surface area (Å²) in [5, 5.41) is 0. The molecule has 1 aromatic carbocycles. The first-order valence-corrected chi connectivity index (χ1v) is 5.14. The fraction of sp³-hybridized carbons (Fsp3) is 0.500. The number of ether oxygens (including phenoxy) is 1. The molecule has 2 atom stereocenters. The normalized spacial score (nSPS) is 31.1. The minimum absolute atomic E-state index is 0.543. The molecule has 0 spiro atoms. The minimum atomic E-state index is 0.543. The van der Waals surface area contributed by atoms with Gasteiger partial charge in [0.1, 0.15) is 0 Å². The van der Waals surface area contributed by atoms with Crippen LogP contribution in [-0.4, -0.2) is 12.7 Å². The molecular weight excluding hydrogens is 160 g/mol. The fourth-order valence-corrected chi connectivity index (χ4v) is 2.47. The maximum Gasteiger partial charge on any atom is 0.0878 e. The highest BCUT2D eigenvalue weighted by molar-refractivity contribution is 5.34. The predicted octanol–water partition coefficient (Wildman–Crippen LogP) is 2.51. The largest absolute Gasteiger partial charge is 0.372 e. The van der Waals surface area contributed by atoms with Crippen molar-refractivity contribution in [1.82, 2.24) is 0 Å². The van der Waals surface area contributed by atoms with E-state index in [0.29, 0.717) is 12.0 Å². The average Bonchev–Trinajstić information content (AvgIpc) is 3.00. The van der Waals surface area contributed by atoms with Crippen molar-refractivity contribution in [1.29, 1.82) is 0 Å². The summed E-state index contributed by atoms with van der Waals surface area (Å²) in [6, 6.07) is 8.85. The molecule has 0 aromatic heterocycles. The molecule has 0 bridgehead atoms. The molecule has 0 amide bonds. The predicted molar refractivity (Wildman–Crippen MR) is 51.9 cm³/mol. The smallest absolute Gasteiger partial charge is 0.0878 e. The first kappa shape index (κ1) is 7.57. The van der Waals surface area contributed by atoms with E-state index in [-0.39, 0.29) is 0 Å². The van der Waals surface area contributed by atoms with Crippen LogP contribution in [-0.2, 0) is 11.2 Å². The molecule has 0 N–H and O–H groups in total. The lowest BCUT2D eigenvalue weighted by Crippen LogP contribution is -2.14. The quantitative estimate of drug-likeness (QED) is 0.596. The Bertz CT molecular complexity index is 315. The molecule has 1 nitrogen and oxygen atoms in total. The molecular formula is C12H14O. The van der Waals surface area contributed by atoms with Gasteiger partial charge < -0.3 is 4.74 Å². The van der Waals surface area contributed by atoms with E-state index in [1.54, 1.807) is 11.1 Å². The number of aryl methyl sites for hydroxylation is 1. The third kappa shape index (κ3) is 1.28. The fourth-order valence-electron chi connectivity index (χ4n) is 2.47. The van der Waals surface area contributed by atoms with E-state index in [1.165, 1.54) is 19.3 Å². The summed E-state index contributed by atoms with van der Waals surface area (Å²) in [5.74, 6) is 0.699. The van der Waals surface area contributed by atoms with Gasteiger partial charge in [0.2, 0.25) is 0 Å². The molecule has 1 saturated heterocycles. The molecule has 2 unspecified atom stereocenters. The van der Waals surface area contributed by atoms with E-state index in [2.05, 4.69) is 24.3 Å². The van der Waals surface area contributed by atoms with Crippen molar-refractivity contribution in [2.24, 2.45) is 0 Å². The van der Waals surface area contributed by atoms with Crippen molar-refractivity contribution in [2.45, 2.75) is 31.3 Å². The number of benzene rings is 1. The Morgan fingerprint density at radius 3 is 2.92 bits per heavy atom. The summed E-state index contributed by atoms with van der Waals surface area (Å²) in [5.41, 5.74) is 3.10. The molecule has 1 aromatic rings. The van der Waals surface area contributed by atoms with Gasteiger partial charge in [0.15, 0.2) is 0 Å². The molecule has 1 aliphatic carbocycles.